The third-order valence-corrected chi connectivity index (χ3v) is 7.58. The number of hydrogen-bond acceptors (Lipinski definition) is 7. The lowest BCUT2D eigenvalue weighted by atomic mass is 10.2. The highest BCUT2D eigenvalue weighted by molar-refractivity contribution is 7.91. The third kappa shape index (κ3) is 5.06. The molecule has 2 atom stereocenters. The predicted molar refractivity (Wildman–Crippen MR) is 122 cm³/mol. The summed E-state index contributed by atoms with van der Waals surface area (Å²) in [6, 6.07) is 13.5. The molecule has 0 saturated carbocycles. The number of hydrogen-bond donors (Lipinski definition) is 3. The van der Waals surface area contributed by atoms with Gasteiger partial charge in [-0.1, -0.05) is 24.3 Å². The molecule has 0 aliphatic carbocycles. The molecule has 1 aliphatic rings. The molecule has 2 amide bonds. The van der Waals surface area contributed by atoms with Crippen molar-refractivity contribution >= 4 is 38.8 Å². The van der Waals surface area contributed by atoms with E-state index in [2.05, 4.69) is 21.0 Å². The first-order valence-electron chi connectivity index (χ1n) is 10.1. The molecule has 1 aliphatic heterocycles. The van der Waals surface area contributed by atoms with Crippen molar-refractivity contribution in [2.45, 2.75) is 37.0 Å². The molecule has 3 N–H and O–H groups in total. The Morgan fingerprint density at radius 3 is 2.72 bits per heavy atom. The maximum atomic E-state index is 12.6. The van der Waals surface area contributed by atoms with Gasteiger partial charge in [0.05, 0.1) is 15.5 Å². The summed E-state index contributed by atoms with van der Waals surface area (Å²) in [6.45, 7) is 1.89. The maximum absolute atomic E-state index is 12.6. The molecule has 9 nitrogen and oxygen atoms in total. The first-order chi connectivity index (χ1) is 15.3. The van der Waals surface area contributed by atoms with Gasteiger partial charge in [0.2, 0.25) is 11.8 Å². The van der Waals surface area contributed by atoms with Gasteiger partial charge in [-0.2, -0.15) is 5.10 Å². The molecule has 0 radical (unpaired) electrons. The zero-order valence-corrected chi connectivity index (χ0v) is 18.9. The molecule has 2 aromatic heterocycles. The summed E-state index contributed by atoms with van der Waals surface area (Å²) < 4.78 is 26.5. The van der Waals surface area contributed by atoms with Gasteiger partial charge >= 0.3 is 0 Å². The van der Waals surface area contributed by atoms with Crippen LogP contribution in [0.3, 0.4) is 0 Å². The van der Waals surface area contributed by atoms with Gasteiger partial charge in [0.15, 0.2) is 16.1 Å². The average Bonchev–Trinajstić information content (AvgIpc) is 3.42. The van der Waals surface area contributed by atoms with E-state index in [1.54, 1.807) is 24.3 Å². The van der Waals surface area contributed by atoms with Gasteiger partial charge in [-0.3, -0.25) is 14.9 Å². The SMILES string of the molecule is CC1CC(=O)NC(n2nc(-c3cccs3)cc2NC(=O)CCS(=O)(=O)c2ccccc2)N1. The summed E-state index contributed by atoms with van der Waals surface area (Å²) in [6.07, 6.45) is -0.505. The zero-order chi connectivity index (χ0) is 22.7. The second-order valence-corrected chi connectivity index (χ2v) is 10.6. The molecular formula is C21H23N5O4S2. The van der Waals surface area contributed by atoms with Gasteiger partial charge < -0.3 is 10.6 Å². The molecule has 11 heteroatoms. The van der Waals surface area contributed by atoms with Gasteiger partial charge in [0.25, 0.3) is 0 Å². The normalized spacial score (nSPS) is 18.8. The van der Waals surface area contributed by atoms with Gasteiger partial charge in [-0.05, 0) is 30.5 Å². The Morgan fingerprint density at radius 1 is 1.25 bits per heavy atom. The van der Waals surface area contributed by atoms with E-state index in [1.807, 2.05) is 24.4 Å². The molecule has 1 aromatic carbocycles. The summed E-state index contributed by atoms with van der Waals surface area (Å²) >= 11 is 1.50. The molecule has 1 saturated heterocycles. The van der Waals surface area contributed by atoms with Crippen LogP contribution in [0.2, 0.25) is 0 Å². The zero-order valence-electron chi connectivity index (χ0n) is 17.3. The quantitative estimate of drug-likeness (QED) is 0.484. The number of aromatic nitrogens is 2. The van der Waals surface area contributed by atoms with Gasteiger partial charge in [0.1, 0.15) is 11.5 Å². The largest absolute Gasteiger partial charge is 0.322 e. The van der Waals surface area contributed by atoms with Crippen molar-refractivity contribution in [2.24, 2.45) is 0 Å². The van der Waals surface area contributed by atoms with Crippen molar-refractivity contribution in [3.8, 4) is 10.6 Å². The summed E-state index contributed by atoms with van der Waals surface area (Å²) in [5.41, 5.74) is 0.640. The van der Waals surface area contributed by atoms with Crippen molar-refractivity contribution in [1.82, 2.24) is 20.4 Å². The Balaban J connectivity index is 1.53. The molecule has 32 heavy (non-hydrogen) atoms. The van der Waals surface area contributed by atoms with Crippen LogP contribution in [0.1, 0.15) is 26.1 Å². The third-order valence-electron chi connectivity index (χ3n) is 4.95. The van der Waals surface area contributed by atoms with E-state index in [0.29, 0.717) is 17.9 Å². The number of benzene rings is 1. The van der Waals surface area contributed by atoms with Gasteiger partial charge in [-0.25, -0.2) is 13.1 Å². The van der Waals surface area contributed by atoms with Crippen LogP contribution in [0.15, 0.2) is 58.8 Å². The van der Waals surface area contributed by atoms with Gasteiger partial charge in [-0.15, -0.1) is 11.3 Å². The Bertz CT molecular complexity index is 1210. The van der Waals surface area contributed by atoms with Crippen molar-refractivity contribution < 1.29 is 18.0 Å². The summed E-state index contributed by atoms with van der Waals surface area (Å²) in [4.78, 5) is 25.7. The number of thiophene rings is 1. The van der Waals surface area contributed by atoms with Crippen LogP contribution >= 0.6 is 11.3 Å². The molecule has 0 bridgehead atoms. The number of rotatable bonds is 7. The average molecular weight is 474 g/mol. The van der Waals surface area contributed by atoms with Crippen molar-refractivity contribution in [3.63, 3.8) is 0 Å². The number of amides is 2. The monoisotopic (exact) mass is 473 g/mol. The lowest BCUT2D eigenvalue weighted by Gasteiger charge is -2.30. The number of anilines is 1. The molecule has 4 rings (SSSR count). The Kier molecular flexibility index (Phi) is 6.40. The Morgan fingerprint density at radius 2 is 2.03 bits per heavy atom. The fourth-order valence-electron chi connectivity index (χ4n) is 3.40. The predicted octanol–water partition coefficient (Wildman–Crippen LogP) is 2.37. The highest BCUT2D eigenvalue weighted by atomic mass is 32.2. The van der Waals surface area contributed by atoms with Crippen LogP contribution in [0.25, 0.3) is 10.6 Å². The van der Waals surface area contributed by atoms with E-state index < -0.39 is 22.0 Å². The smallest absolute Gasteiger partial charge is 0.226 e. The van der Waals surface area contributed by atoms with Crippen molar-refractivity contribution in [3.05, 3.63) is 53.9 Å². The molecule has 2 unspecified atom stereocenters. The van der Waals surface area contributed by atoms with Crippen molar-refractivity contribution in [2.75, 3.05) is 11.1 Å². The number of sulfone groups is 1. The van der Waals surface area contributed by atoms with Gasteiger partial charge in [0, 0.05) is 24.9 Å². The lowest BCUT2D eigenvalue weighted by molar-refractivity contribution is -0.125. The summed E-state index contributed by atoms with van der Waals surface area (Å²) in [5.74, 6) is -0.536. The first kappa shape index (κ1) is 22.2. The maximum Gasteiger partial charge on any atom is 0.226 e. The second kappa shape index (κ2) is 9.23. The minimum atomic E-state index is -3.57. The molecule has 168 valence electrons. The van der Waals surface area contributed by atoms with E-state index in [-0.39, 0.29) is 29.0 Å². The number of carbonyl (C=O) groups excluding carboxylic acids is 2. The minimum Gasteiger partial charge on any atom is -0.322 e. The highest BCUT2D eigenvalue weighted by Gasteiger charge is 2.27. The topological polar surface area (TPSA) is 122 Å². The van der Waals surface area contributed by atoms with E-state index >= 15 is 0 Å². The first-order valence-corrected chi connectivity index (χ1v) is 12.6. The number of nitrogens with one attached hydrogen (secondary N) is 3. The number of nitrogens with zero attached hydrogens (tertiary/aromatic N) is 2. The van der Waals surface area contributed by atoms with Crippen LogP contribution in [-0.2, 0) is 19.4 Å². The molecule has 1 fully saturated rings. The lowest BCUT2D eigenvalue weighted by Crippen LogP contribution is -2.52. The highest BCUT2D eigenvalue weighted by Crippen LogP contribution is 2.28. The molecule has 0 spiro atoms. The molecular weight excluding hydrogens is 450 g/mol. The minimum absolute atomic E-state index is 0.0669. The molecule has 3 heterocycles. The van der Waals surface area contributed by atoms with Crippen LogP contribution in [-0.4, -0.2) is 41.8 Å². The van der Waals surface area contributed by atoms with E-state index in [0.717, 1.165) is 4.88 Å². The molecule has 3 aromatic rings. The summed E-state index contributed by atoms with van der Waals surface area (Å²) in [5, 5.41) is 15.3. The van der Waals surface area contributed by atoms with Crippen LogP contribution in [0.5, 0.6) is 0 Å². The number of carbonyl (C=O) groups is 2. The van der Waals surface area contributed by atoms with Crippen LogP contribution in [0, 0.1) is 0 Å². The standard InChI is InChI=1S/C21H23N5O4S2/c1-14-12-20(28)24-21(22-14)26-18(13-16(25-26)17-8-5-10-31-17)23-19(27)9-11-32(29,30)15-6-3-2-4-7-15/h2-8,10,13-14,21-22H,9,11-12H2,1H3,(H,23,27)(H,24,28). The fourth-order valence-corrected chi connectivity index (χ4v) is 5.34. The summed E-state index contributed by atoms with van der Waals surface area (Å²) in [7, 11) is -3.57. The fraction of sp³-hybridized carbons (Fsp3) is 0.286. The second-order valence-electron chi connectivity index (χ2n) is 7.51. The Hall–Kier alpha value is -3.02. The van der Waals surface area contributed by atoms with Crippen LogP contribution < -0.4 is 16.0 Å². The Labute approximate surface area is 189 Å². The van der Waals surface area contributed by atoms with E-state index in [9.17, 15) is 18.0 Å². The van der Waals surface area contributed by atoms with Crippen molar-refractivity contribution in [1.29, 1.82) is 0 Å². The van der Waals surface area contributed by atoms with Crippen LogP contribution in [0.4, 0.5) is 5.82 Å². The van der Waals surface area contributed by atoms with E-state index in [1.165, 1.54) is 28.2 Å². The van der Waals surface area contributed by atoms with E-state index in [4.69, 9.17) is 0 Å².